The zero-order valence-corrected chi connectivity index (χ0v) is 15.2. The van der Waals surface area contributed by atoms with E-state index in [1.54, 1.807) is 21.1 Å². The van der Waals surface area contributed by atoms with Gasteiger partial charge in [-0.15, -0.1) is 0 Å². The number of rotatable bonds is 1. The molecule has 1 saturated heterocycles. The minimum Gasteiger partial charge on any atom is -0.359 e. The Morgan fingerprint density at radius 3 is 2.28 bits per heavy atom. The van der Waals surface area contributed by atoms with Gasteiger partial charge in [0.15, 0.2) is 0 Å². The fraction of sp³-hybridized carbons (Fsp3) is 0.421. The van der Waals surface area contributed by atoms with Crippen LogP contribution in [-0.4, -0.2) is 61.8 Å². The van der Waals surface area contributed by atoms with E-state index in [2.05, 4.69) is 36.2 Å². The van der Waals surface area contributed by atoms with Gasteiger partial charge in [-0.2, -0.15) is 0 Å². The maximum atomic E-state index is 11.7. The van der Waals surface area contributed by atoms with Gasteiger partial charge < -0.3 is 15.1 Å². The number of likely N-dealkylation sites (tertiary alicyclic amines) is 1. The predicted molar refractivity (Wildman–Crippen MR) is 96.4 cm³/mol. The molecule has 0 aliphatic carbocycles. The summed E-state index contributed by atoms with van der Waals surface area (Å²) >= 11 is 0. The van der Waals surface area contributed by atoms with Crippen molar-refractivity contribution in [2.75, 3.05) is 34.2 Å². The Balaban J connectivity index is 0.000000370. The largest absolute Gasteiger partial charge is 0.359 e. The third-order valence-corrected chi connectivity index (χ3v) is 3.72. The maximum absolute atomic E-state index is 11.7. The second kappa shape index (κ2) is 10.1. The molecule has 3 amide bonds. The lowest BCUT2D eigenvalue weighted by Crippen LogP contribution is -2.32. The highest BCUT2D eigenvalue weighted by Crippen LogP contribution is 2.15. The van der Waals surface area contributed by atoms with Gasteiger partial charge in [-0.1, -0.05) is 35.9 Å². The summed E-state index contributed by atoms with van der Waals surface area (Å²) in [5, 5.41) is 2.56. The van der Waals surface area contributed by atoms with Crippen LogP contribution in [0.5, 0.6) is 0 Å². The van der Waals surface area contributed by atoms with Crippen molar-refractivity contribution in [3.63, 3.8) is 0 Å². The molecule has 0 spiro atoms. The number of benzene rings is 1. The summed E-state index contributed by atoms with van der Waals surface area (Å²) in [4.78, 5) is 37.1. The molecule has 0 radical (unpaired) electrons. The van der Waals surface area contributed by atoms with Crippen LogP contribution in [0.1, 0.15) is 12.0 Å². The fourth-order valence-electron chi connectivity index (χ4n) is 2.20. The van der Waals surface area contributed by atoms with Crippen LogP contribution in [0.15, 0.2) is 30.3 Å². The number of nitrogens with one attached hydrogen (secondary N) is 1. The normalized spacial score (nSPS) is 15.2. The van der Waals surface area contributed by atoms with Crippen molar-refractivity contribution in [3.8, 4) is 11.8 Å². The van der Waals surface area contributed by atoms with Crippen molar-refractivity contribution in [1.82, 2.24) is 15.1 Å². The summed E-state index contributed by atoms with van der Waals surface area (Å²) < 4.78 is 0. The number of carbonyl (C=O) groups excluding carboxylic acids is 3. The lowest BCUT2D eigenvalue weighted by Gasteiger charge is -2.12. The second-order valence-electron chi connectivity index (χ2n) is 5.96. The highest BCUT2D eigenvalue weighted by Gasteiger charge is 2.29. The van der Waals surface area contributed by atoms with Crippen LogP contribution in [0.4, 0.5) is 0 Å². The fourth-order valence-corrected chi connectivity index (χ4v) is 2.20. The molecule has 134 valence electrons. The molecule has 6 heteroatoms. The first-order valence-electron chi connectivity index (χ1n) is 8.10. The molecule has 1 atom stereocenters. The number of amides is 3. The smallest absolute Gasteiger partial charge is 0.299 e. The van der Waals surface area contributed by atoms with Crippen LogP contribution in [0, 0.1) is 24.7 Å². The van der Waals surface area contributed by atoms with Gasteiger partial charge in [0, 0.05) is 46.1 Å². The molecule has 0 bridgehead atoms. The number of hydrogen-bond donors (Lipinski definition) is 1. The van der Waals surface area contributed by atoms with E-state index in [1.807, 2.05) is 18.2 Å². The molecule has 0 aromatic heterocycles. The highest BCUT2D eigenvalue weighted by atomic mass is 16.2. The number of nitrogens with zero attached hydrogens (tertiary/aromatic N) is 2. The van der Waals surface area contributed by atoms with Crippen LogP contribution in [0.2, 0.25) is 0 Å². The molecule has 1 heterocycles. The average Bonchev–Trinajstić information content (AvgIpc) is 3.10. The highest BCUT2D eigenvalue weighted by molar-refractivity contribution is 6.02. The molecule has 0 saturated carbocycles. The van der Waals surface area contributed by atoms with E-state index in [0.717, 1.165) is 0 Å². The van der Waals surface area contributed by atoms with Crippen LogP contribution in [-0.2, 0) is 14.4 Å². The zero-order chi connectivity index (χ0) is 18.8. The summed E-state index contributed by atoms with van der Waals surface area (Å²) in [6.07, 6.45) is 0.634. The zero-order valence-electron chi connectivity index (χ0n) is 15.2. The Labute approximate surface area is 149 Å². The standard InChI is InChI=1S/C12H17N3O3.C7H8/c1-13-12(18)9-6-7-15(8-9)11(17)5-4-10(16)14(2)3;1-7-5-3-2-4-6-7/h9H,6-8H2,1-3H3,(H,13,18);2-6H,1H3/t9-;/m0./s1. The summed E-state index contributed by atoms with van der Waals surface area (Å²) in [7, 11) is 4.71. The van der Waals surface area contributed by atoms with Crippen LogP contribution >= 0.6 is 0 Å². The van der Waals surface area contributed by atoms with E-state index >= 15 is 0 Å². The average molecular weight is 343 g/mol. The molecule has 2 rings (SSSR count). The Morgan fingerprint density at radius 2 is 1.80 bits per heavy atom. The maximum Gasteiger partial charge on any atom is 0.299 e. The predicted octanol–water partition coefficient (Wildman–Crippen LogP) is 0.668. The summed E-state index contributed by atoms with van der Waals surface area (Å²) in [5.74, 6) is 3.50. The second-order valence-corrected chi connectivity index (χ2v) is 5.96. The van der Waals surface area contributed by atoms with Crippen molar-refractivity contribution in [1.29, 1.82) is 0 Å². The van der Waals surface area contributed by atoms with E-state index < -0.39 is 11.8 Å². The molecule has 0 unspecified atom stereocenters. The van der Waals surface area contributed by atoms with Crippen molar-refractivity contribution >= 4 is 17.7 Å². The molecular weight excluding hydrogens is 318 g/mol. The van der Waals surface area contributed by atoms with Gasteiger partial charge in [0.05, 0.1) is 5.92 Å². The number of hydrogen-bond acceptors (Lipinski definition) is 3. The molecule has 1 aliphatic rings. The van der Waals surface area contributed by atoms with Crippen LogP contribution in [0.25, 0.3) is 0 Å². The third-order valence-electron chi connectivity index (χ3n) is 3.72. The first kappa shape index (κ1) is 20.2. The Morgan fingerprint density at radius 1 is 1.16 bits per heavy atom. The lowest BCUT2D eigenvalue weighted by atomic mass is 10.1. The summed E-state index contributed by atoms with van der Waals surface area (Å²) in [5.41, 5.74) is 1.32. The third kappa shape index (κ3) is 7.08. The molecule has 1 fully saturated rings. The van der Waals surface area contributed by atoms with Gasteiger partial charge in [-0.3, -0.25) is 14.4 Å². The molecule has 1 aromatic carbocycles. The van der Waals surface area contributed by atoms with Crippen molar-refractivity contribution < 1.29 is 14.4 Å². The summed E-state index contributed by atoms with van der Waals surface area (Å²) in [6.45, 7) is 2.95. The van der Waals surface area contributed by atoms with Gasteiger partial charge in [-0.05, 0) is 13.3 Å². The van der Waals surface area contributed by atoms with Crippen LogP contribution in [0.3, 0.4) is 0 Å². The van der Waals surface area contributed by atoms with Crippen LogP contribution < -0.4 is 5.32 Å². The number of carbonyl (C=O) groups is 3. The van der Waals surface area contributed by atoms with E-state index in [4.69, 9.17) is 0 Å². The Hall–Kier alpha value is -2.81. The SMILES string of the molecule is CNC(=O)[C@H]1CCN(C(=O)C#CC(=O)N(C)C)C1.Cc1ccccc1. The Bertz CT molecular complexity index is 659. The van der Waals surface area contributed by atoms with Gasteiger partial charge >= 0.3 is 0 Å². The summed E-state index contributed by atoms with van der Waals surface area (Å²) in [6, 6.07) is 10.3. The first-order valence-corrected chi connectivity index (χ1v) is 8.10. The minimum atomic E-state index is -0.412. The topological polar surface area (TPSA) is 69.7 Å². The van der Waals surface area contributed by atoms with Crippen molar-refractivity contribution in [2.24, 2.45) is 5.92 Å². The lowest BCUT2D eigenvalue weighted by molar-refractivity contribution is -0.126. The molecular formula is C19H25N3O3. The van der Waals surface area contributed by atoms with Gasteiger partial charge in [-0.25, -0.2) is 0 Å². The van der Waals surface area contributed by atoms with E-state index in [1.165, 1.54) is 15.4 Å². The minimum absolute atomic E-state index is 0.0670. The van der Waals surface area contributed by atoms with E-state index in [-0.39, 0.29) is 11.8 Å². The molecule has 1 aromatic rings. The molecule has 6 nitrogen and oxygen atoms in total. The van der Waals surface area contributed by atoms with E-state index in [0.29, 0.717) is 19.5 Å². The van der Waals surface area contributed by atoms with Gasteiger partial charge in [0.2, 0.25) is 5.91 Å². The Kier molecular flexibility index (Phi) is 8.21. The molecule has 1 aliphatic heterocycles. The monoisotopic (exact) mass is 343 g/mol. The molecule has 1 N–H and O–H groups in total. The quantitative estimate of drug-likeness (QED) is 0.762. The van der Waals surface area contributed by atoms with E-state index in [9.17, 15) is 14.4 Å². The number of aryl methyl sites for hydroxylation is 1. The van der Waals surface area contributed by atoms with Gasteiger partial charge in [0.1, 0.15) is 0 Å². The molecule has 25 heavy (non-hydrogen) atoms. The van der Waals surface area contributed by atoms with Crippen molar-refractivity contribution in [2.45, 2.75) is 13.3 Å². The van der Waals surface area contributed by atoms with Gasteiger partial charge in [0.25, 0.3) is 11.8 Å². The van der Waals surface area contributed by atoms with Crippen molar-refractivity contribution in [3.05, 3.63) is 35.9 Å². The first-order chi connectivity index (χ1) is 11.8.